The zero-order chi connectivity index (χ0) is 26.7. The number of benzene rings is 1. The van der Waals surface area contributed by atoms with Crippen molar-refractivity contribution in [3.63, 3.8) is 0 Å². The van der Waals surface area contributed by atoms with Crippen LogP contribution in [0.5, 0.6) is 0 Å². The van der Waals surface area contributed by atoms with Gasteiger partial charge in [-0.2, -0.15) is 0 Å². The number of phosphoric acid groups is 1. The van der Waals surface area contributed by atoms with Crippen LogP contribution in [0.4, 0.5) is 5.82 Å². The maximum atomic E-state index is 12.6. The molecule has 15 nitrogen and oxygen atoms in total. The van der Waals surface area contributed by atoms with Crippen LogP contribution >= 0.6 is 7.82 Å². The van der Waals surface area contributed by atoms with Crippen molar-refractivity contribution in [1.82, 2.24) is 24.8 Å². The Morgan fingerprint density at radius 3 is 2.65 bits per heavy atom. The minimum absolute atomic E-state index is 0.00447. The molecule has 6 atom stereocenters. The number of nitrogens with zero attached hydrogens (tertiary/aromatic N) is 4. The number of rotatable bonds is 9. The van der Waals surface area contributed by atoms with Gasteiger partial charge in [-0.1, -0.05) is 30.3 Å². The van der Waals surface area contributed by atoms with E-state index in [9.17, 15) is 29.3 Å². The molecule has 0 radical (unpaired) electrons. The fourth-order valence-electron chi connectivity index (χ4n) is 3.81. The monoisotopic (exact) mass is 536 g/mol. The number of nitrogen functional groups attached to an aromatic ring is 1. The average molecular weight is 536 g/mol. The third-order valence-electron chi connectivity index (χ3n) is 5.55. The Morgan fingerprint density at radius 2 is 1.95 bits per heavy atom. The second kappa shape index (κ2) is 10.9. The lowest BCUT2D eigenvalue weighted by Crippen LogP contribution is -2.42. The van der Waals surface area contributed by atoms with Gasteiger partial charge in [-0.3, -0.25) is 18.8 Å². The van der Waals surface area contributed by atoms with Gasteiger partial charge in [0.15, 0.2) is 17.7 Å². The lowest BCUT2D eigenvalue weighted by molar-refractivity contribution is -0.141. The maximum absolute atomic E-state index is 12.6. The van der Waals surface area contributed by atoms with Gasteiger partial charge in [-0.15, -0.1) is 0 Å². The number of fused-ring (bicyclic) bond motifs is 1. The lowest BCUT2D eigenvalue weighted by atomic mass is 10.1. The Bertz CT molecular complexity index is 1320. The first kappa shape index (κ1) is 26.6. The molecule has 2 aromatic heterocycles. The van der Waals surface area contributed by atoms with Gasteiger partial charge in [0.25, 0.3) is 0 Å². The molecule has 1 aliphatic heterocycles. The molecule has 3 heterocycles. The quantitative estimate of drug-likeness (QED) is 0.217. The summed E-state index contributed by atoms with van der Waals surface area (Å²) < 4.78 is 28.9. The summed E-state index contributed by atoms with van der Waals surface area (Å²) in [4.78, 5) is 46.1. The van der Waals surface area contributed by atoms with Gasteiger partial charge >= 0.3 is 13.8 Å². The summed E-state index contributed by atoms with van der Waals surface area (Å²) in [6.07, 6.45) is -3.01. The number of ether oxygens (including phenoxy) is 1. The van der Waals surface area contributed by atoms with E-state index in [0.717, 1.165) is 0 Å². The molecule has 1 fully saturated rings. The first-order chi connectivity index (χ1) is 17.6. The van der Waals surface area contributed by atoms with E-state index in [1.54, 1.807) is 30.3 Å². The Labute approximate surface area is 209 Å². The zero-order valence-electron chi connectivity index (χ0n) is 19.4. The van der Waals surface area contributed by atoms with Crippen LogP contribution < -0.4 is 11.1 Å². The van der Waals surface area contributed by atoms with E-state index in [4.69, 9.17) is 15.0 Å². The van der Waals surface area contributed by atoms with Crippen LogP contribution in [0.2, 0.25) is 0 Å². The number of carbonyl (C=O) groups is 2. The third kappa shape index (κ3) is 6.10. The molecule has 37 heavy (non-hydrogen) atoms. The number of amides is 1. The molecule has 1 aliphatic rings. The normalized spacial score (nSPS) is 23.9. The summed E-state index contributed by atoms with van der Waals surface area (Å²) in [5, 5.41) is 23.3. The van der Waals surface area contributed by atoms with Crippen molar-refractivity contribution in [1.29, 1.82) is 0 Å². The molecule has 4 rings (SSSR count). The number of phosphoric ester groups is 1. The number of imidazole rings is 1. The second-order valence-electron chi connectivity index (χ2n) is 8.25. The summed E-state index contributed by atoms with van der Waals surface area (Å²) in [5.41, 5.74) is 6.92. The SMILES string of the molecule is CC(=O)NC(Cc1ccccc1)C(=O)OP(=O)(O)OCC1OC(n2cnc3c(N)ncnc32)C(O)C1O. The summed E-state index contributed by atoms with van der Waals surface area (Å²) in [6, 6.07) is 7.39. The van der Waals surface area contributed by atoms with Crippen LogP contribution in [0.1, 0.15) is 18.7 Å². The zero-order valence-corrected chi connectivity index (χ0v) is 20.3. The molecule has 3 aromatic rings. The highest BCUT2D eigenvalue weighted by Crippen LogP contribution is 2.45. The van der Waals surface area contributed by atoms with Crippen LogP contribution in [0, 0.1) is 0 Å². The molecule has 6 N–H and O–H groups in total. The highest BCUT2D eigenvalue weighted by molar-refractivity contribution is 7.48. The highest BCUT2D eigenvalue weighted by atomic mass is 31.2. The van der Waals surface area contributed by atoms with Crippen LogP contribution in [-0.4, -0.2) is 77.5 Å². The lowest BCUT2D eigenvalue weighted by Gasteiger charge is -2.20. The number of aliphatic hydroxyl groups is 2. The molecule has 1 aromatic carbocycles. The van der Waals surface area contributed by atoms with Crippen molar-refractivity contribution < 1.29 is 43.0 Å². The molecule has 0 saturated carbocycles. The fourth-order valence-corrected chi connectivity index (χ4v) is 4.56. The van der Waals surface area contributed by atoms with Gasteiger partial charge in [0.1, 0.15) is 36.2 Å². The van der Waals surface area contributed by atoms with Crippen LogP contribution in [-0.2, 0) is 34.4 Å². The minimum atomic E-state index is -5.00. The van der Waals surface area contributed by atoms with Crippen LogP contribution in [0.15, 0.2) is 43.0 Å². The first-order valence-electron chi connectivity index (χ1n) is 11.0. The highest BCUT2D eigenvalue weighted by Gasteiger charge is 2.46. The fraction of sp³-hybridized carbons (Fsp3) is 0.381. The van der Waals surface area contributed by atoms with Crippen molar-refractivity contribution in [2.75, 3.05) is 12.3 Å². The summed E-state index contributed by atoms with van der Waals surface area (Å²) in [7, 11) is -5.00. The molecule has 0 aliphatic carbocycles. The smallest absolute Gasteiger partial charge is 0.387 e. The van der Waals surface area contributed by atoms with Crippen molar-refractivity contribution >= 4 is 36.7 Å². The second-order valence-corrected chi connectivity index (χ2v) is 9.62. The Hall–Kier alpha value is -3.46. The molecule has 16 heteroatoms. The van der Waals surface area contributed by atoms with Crippen molar-refractivity contribution in [2.24, 2.45) is 0 Å². The number of nitrogens with one attached hydrogen (secondary N) is 1. The number of nitrogens with two attached hydrogens (primary N) is 1. The Morgan fingerprint density at radius 1 is 1.22 bits per heavy atom. The van der Waals surface area contributed by atoms with Crippen molar-refractivity contribution in [2.45, 2.75) is 43.9 Å². The van der Waals surface area contributed by atoms with E-state index in [-0.39, 0.29) is 23.4 Å². The molecule has 6 unspecified atom stereocenters. The molecule has 1 saturated heterocycles. The molecule has 1 amide bonds. The van der Waals surface area contributed by atoms with Gasteiger partial charge in [0, 0.05) is 13.3 Å². The average Bonchev–Trinajstić information content (AvgIpc) is 3.39. The van der Waals surface area contributed by atoms with Crippen molar-refractivity contribution in [3.05, 3.63) is 48.5 Å². The van der Waals surface area contributed by atoms with E-state index >= 15 is 0 Å². The number of hydrogen-bond donors (Lipinski definition) is 5. The first-order valence-corrected chi connectivity index (χ1v) is 12.5. The van der Waals surface area contributed by atoms with E-state index in [0.29, 0.717) is 5.56 Å². The van der Waals surface area contributed by atoms with Gasteiger partial charge in [0.2, 0.25) is 5.91 Å². The molecule has 0 bridgehead atoms. The molecule has 198 valence electrons. The largest absolute Gasteiger partial charge is 0.529 e. The Balaban J connectivity index is 1.39. The topological polar surface area (TPSA) is 221 Å². The van der Waals surface area contributed by atoms with Gasteiger partial charge in [-0.25, -0.2) is 24.3 Å². The number of carbonyl (C=O) groups excluding carboxylic acids is 2. The van der Waals surface area contributed by atoms with Gasteiger partial charge < -0.3 is 30.5 Å². The summed E-state index contributed by atoms with van der Waals surface area (Å²) in [5.74, 6) is -1.64. The summed E-state index contributed by atoms with van der Waals surface area (Å²) >= 11 is 0. The standard InChI is InChI=1S/C21H25N6O9P/c1-11(28)26-13(7-12-5-3-2-4-6-12)21(31)36-37(32,33)34-8-14-16(29)17(30)20(35-14)27-10-25-15-18(22)23-9-24-19(15)27/h2-6,9-10,13-14,16-17,20,29-30H,7-8H2,1H3,(H,26,28)(H,32,33)(H2,22,23,24). The van der Waals surface area contributed by atoms with E-state index in [1.165, 1.54) is 24.1 Å². The van der Waals surface area contributed by atoms with Crippen LogP contribution in [0.25, 0.3) is 11.2 Å². The predicted octanol–water partition coefficient (Wildman–Crippen LogP) is -0.565. The number of aromatic nitrogens is 4. The van der Waals surface area contributed by atoms with Gasteiger partial charge in [-0.05, 0) is 5.56 Å². The van der Waals surface area contributed by atoms with E-state index in [2.05, 4.69) is 24.8 Å². The van der Waals surface area contributed by atoms with Crippen molar-refractivity contribution in [3.8, 4) is 0 Å². The molecular weight excluding hydrogens is 511 g/mol. The molecular formula is C21H25N6O9P. The third-order valence-corrected chi connectivity index (χ3v) is 6.44. The number of aliphatic hydroxyl groups excluding tert-OH is 2. The number of anilines is 1. The molecule has 0 spiro atoms. The van der Waals surface area contributed by atoms with E-state index in [1.807, 2.05) is 0 Å². The van der Waals surface area contributed by atoms with Crippen LogP contribution in [0.3, 0.4) is 0 Å². The number of hydrogen-bond acceptors (Lipinski definition) is 12. The summed E-state index contributed by atoms with van der Waals surface area (Å²) in [6.45, 7) is 0.466. The van der Waals surface area contributed by atoms with E-state index < -0.39 is 56.9 Å². The Kier molecular flexibility index (Phi) is 7.82. The predicted molar refractivity (Wildman–Crippen MR) is 125 cm³/mol. The minimum Gasteiger partial charge on any atom is -0.387 e. The maximum Gasteiger partial charge on any atom is 0.529 e. The van der Waals surface area contributed by atoms with Gasteiger partial charge in [0.05, 0.1) is 12.9 Å².